The first-order valence-electron chi connectivity index (χ1n) is 7.65. The highest BCUT2D eigenvalue weighted by atomic mass is 16.5. The summed E-state index contributed by atoms with van der Waals surface area (Å²) < 4.78 is 5.41. The van der Waals surface area contributed by atoms with Crippen molar-refractivity contribution in [3.63, 3.8) is 0 Å². The van der Waals surface area contributed by atoms with Crippen molar-refractivity contribution < 1.29 is 4.52 Å². The zero-order valence-corrected chi connectivity index (χ0v) is 11.9. The first-order valence-corrected chi connectivity index (χ1v) is 7.65. The van der Waals surface area contributed by atoms with Crippen LogP contribution in [0.25, 0.3) is 22.4 Å². The molecule has 0 atom stereocenters. The molecular formula is C16H18N4O. The molecule has 1 saturated carbocycles. The Balaban J connectivity index is 1.54. The molecular weight excluding hydrogens is 264 g/mol. The summed E-state index contributed by atoms with van der Waals surface area (Å²) in [7, 11) is 0. The van der Waals surface area contributed by atoms with Gasteiger partial charge in [-0.1, -0.05) is 30.8 Å². The highest BCUT2D eigenvalue weighted by Crippen LogP contribution is 2.29. The molecule has 0 spiro atoms. The highest BCUT2D eigenvalue weighted by molar-refractivity contribution is 5.90. The minimum atomic E-state index is 0.656. The van der Waals surface area contributed by atoms with Crippen LogP contribution < -0.4 is 0 Å². The maximum Gasteiger partial charge on any atom is 0.226 e. The lowest BCUT2D eigenvalue weighted by molar-refractivity contribution is 0.362. The Morgan fingerprint density at radius 2 is 2.14 bits per heavy atom. The van der Waals surface area contributed by atoms with Crippen LogP contribution in [0.3, 0.4) is 0 Å². The summed E-state index contributed by atoms with van der Waals surface area (Å²) >= 11 is 0. The lowest BCUT2D eigenvalue weighted by Crippen LogP contribution is -1.96. The molecule has 0 aliphatic heterocycles. The van der Waals surface area contributed by atoms with E-state index in [9.17, 15) is 0 Å². The molecule has 1 aliphatic carbocycles. The SMILES string of the molecule is c1cc(-c2noc(CCC3CCCC3)n2)c2cc[nH]c2n1. The monoisotopic (exact) mass is 282 g/mol. The van der Waals surface area contributed by atoms with Crippen LogP contribution in [0.5, 0.6) is 0 Å². The molecule has 1 fully saturated rings. The second-order valence-corrected chi connectivity index (χ2v) is 5.80. The molecule has 1 N–H and O–H groups in total. The molecule has 0 aromatic carbocycles. The molecule has 21 heavy (non-hydrogen) atoms. The normalized spacial score (nSPS) is 16.0. The van der Waals surface area contributed by atoms with Crippen molar-refractivity contribution in [2.24, 2.45) is 5.92 Å². The summed E-state index contributed by atoms with van der Waals surface area (Å²) in [5, 5.41) is 5.16. The van der Waals surface area contributed by atoms with Crippen molar-refractivity contribution in [1.29, 1.82) is 0 Å². The molecule has 3 heterocycles. The van der Waals surface area contributed by atoms with E-state index in [1.807, 2.05) is 18.3 Å². The molecule has 0 saturated heterocycles. The minimum absolute atomic E-state index is 0.656. The summed E-state index contributed by atoms with van der Waals surface area (Å²) in [6.07, 6.45) is 11.2. The van der Waals surface area contributed by atoms with E-state index in [0.29, 0.717) is 5.82 Å². The van der Waals surface area contributed by atoms with Gasteiger partial charge in [0.1, 0.15) is 5.65 Å². The number of nitrogens with one attached hydrogen (secondary N) is 1. The fourth-order valence-electron chi connectivity index (χ4n) is 3.25. The lowest BCUT2D eigenvalue weighted by Gasteiger charge is -2.04. The molecule has 5 nitrogen and oxygen atoms in total. The Kier molecular flexibility index (Phi) is 3.18. The van der Waals surface area contributed by atoms with Gasteiger partial charge in [-0.2, -0.15) is 4.98 Å². The zero-order chi connectivity index (χ0) is 14.1. The zero-order valence-electron chi connectivity index (χ0n) is 11.9. The summed E-state index contributed by atoms with van der Waals surface area (Å²) in [6, 6.07) is 3.92. The van der Waals surface area contributed by atoms with Crippen LogP contribution in [0.2, 0.25) is 0 Å². The van der Waals surface area contributed by atoms with E-state index in [0.717, 1.165) is 41.2 Å². The van der Waals surface area contributed by atoms with Crippen LogP contribution in [0.15, 0.2) is 29.0 Å². The Morgan fingerprint density at radius 3 is 3.05 bits per heavy atom. The number of fused-ring (bicyclic) bond motifs is 1. The van der Waals surface area contributed by atoms with Crippen LogP contribution in [-0.4, -0.2) is 20.1 Å². The molecule has 0 radical (unpaired) electrons. The number of rotatable bonds is 4. The van der Waals surface area contributed by atoms with E-state index < -0.39 is 0 Å². The first-order chi connectivity index (χ1) is 10.4. The van der Waals surface area contributed by atoms with Crippen LogP contribution in [-0.2, 0) is 6.42 Å². The van der Waals surface area contributed by atoms with Gasteiger partial charge in [0.05, 0.1) is 0 Å². The molecule has 5 heteroatoms. The van der Waals surface area contributed by atoms with Crippen LogP contribution in [0.1, 0.15) is 38.0 Å². The molecule has 3 aromatic heterocycles. The van der Waals surface area contributed by atoms with E-state index in [-0.39, 0.29) is 0 Å². The Bertz CT molecular complexity index is 739. The quantitative estimate of drug-likeness (QED) is 0.791. The van der Waals surface area contributed by atoms with E-state index in [2.05, 4.69) is 20.1 Å². The van der Waals surface area contributed by atoms with Gasteiger partial charge in [-0.3, -0.25) is 0 Å². The number of pyridine rings is 1. The molecule has 0 amide bonds. The third kappa shape index (κ3) is 2.44. The number of H-pyrrole nitrogens is 1. The average Bonchev–Trinajstić information content (AvgIpc) is 3.25. The van der Waals surface area contributed by atoms with Crippen LogP contribution in [0, 0.1) is 5.92 Å². The van der Waals surface area contributed by atoms with E-state index >= 15 is 0 Å². The Hall–Kier alpha value is -2.17. The van der Waals surface area contributed by atoms with Crippen molar-refractivity contribution in [3.05, 3.63) is 30.4 Å². The number of hydrogen-bond acceptors (Lipinski definition) is 4. The number of hydrogen-bond donors (Lipinski definition) is 1. The predicted octanol–water partition coefficient (Wildman–Crippen LogP) is 3.74. The second-order valence-electron chi connectivity index (χ2n) is 5.80. The third-order valence-corrected chi connectivity index (χ3v) is 4.41. The van der Waals surface area contributed by atoms with Gasteiger partial charge in [0.2, 0.25) is 11.7 Å². The second kappa shape index (κ2) is 5.31. The molecule has 0 bridgehead atoms. The maximum absolute atomic E-state index is 5.41. The van der Waals surface area contributed by atoms with Crippen molar-refractivity contribution in [1.82, 2.24) is 20.1 Å². The van der Waals surface area contributed by atoms with E-state index in [4.69, 9.17) is 4.52 Å². The summed E-state index contributed by atoms with van der Waals surface area (Å²) in [5.41, 5.74) is 1.82. The van der Waals surface area contributed by atoms with Crippen molar-refractivity contribution in [2.45, 2.75) is 38.5 Å². The average molecular weight is 282 g/mol. The highest BCUT2D eigenvalue weighted by Gasteiger charge is 2.17. The number of aromatic amines is 1. The van der Waals surface area contributed by atoms with E-state index in [1.54, 1.807) is 6.20 Å². The minimum Gasteiger partial charge on any atom is -0.346 e. The number of aryl methyl sites for hydroxylation is 1. The van der Waals surface area contributed by atoms with Gasteiger partial charge in [-0.15, -0.1) is 0 Å². The Morgan fingerprint density at radius 1 is 1.24 bits per heavy atom. The van der Waals surface area contributed by atoms with Gasteiger partial charge in [0, 0.05) is 29.8 Å². The first kappa shape index (κ1) is 12.6. The van der Waals surface area contributed by atoms with Crippen molar-refractivity contribution in [3.8, 4) is 11.4 Å². The van der Waals surface area contributed by atoms with Gasteiger partial charge in [0.15, 0.2) is 0 Å². The molecule has 108 valence electrons. The van der Waals surface area contributed by atoms with Gasteiger partial charge < -0.3 is 9.51 Å². The van der Waals surface area contributed by atoms with Crippen LogP contribution >= 0.6 is 0 Å². The Labute approximate surface area is 122 Å². The number of aromatic nitrogens is 4. The molecule has 3 aromatic rings. The van der Waals surface area contributed by atoms with Crippen LogP contribution in [0.4, 0.5) is 0 Å². The standard InChI is InChI=1S/C16H18N4O/c1-2-4-11(3-1)5-6-14-19-16(20-21-14)13-8-10-18-15-12(13)7-9-17-15/h7-11H,1-6H2,(H,17,18). The van der Waals surface area contributed by atoms with Crippen molar-refractivity contribution >= 4 is 11.0 Å². The van der Waals surface area contributed by atoms with Gasteiger partial charge in [0.25, 0.3) is 0 Å². The van der Waals surface area contributed by atoms with Gasteiger partial charge in [-0.05, 0) is 24.5 Å². The van der Waals surface area contributed by atoms with Crippen molar-refractivity contribution in [2.75, 3.05) is 0 Å². The molecule has 1 aliphatic rings. The predicted molar refractivity (Wildman–Crippen MR) is 79.7 cm³/mol. The fourth-order valence-corrected chi connectivity index (χ4v) is 3.25. The topological polar surface area (TPSA) is 67.6 Å². The summed E-state index contributed by atoms with van der Waals surface area (Å²) in [5.74, 6) is 2.25. The smallest absolute Gasteiger partial charge is 0.226 e. The fraction of sp³-hybridized carbons (Fsp3) is 0.438. The maximum atomic E-state index is 5.41. The third-order valence-electron chi connectivity index (χ3n) is 4.41. The summed E-state index contributed by atoms with van der Waals surface area (Å²) in [6.45, 7) is 0. The largest absolute Gasteiger partial charge is 0.346 e. The molecule has 0 unspecified atom stereocenters. The molecule has 4 rings (SSSR count). The van der Waals surface area contributed by atoms with Gasteiger partial charge >= 0.3 is 0 Å². The lowest BCUT2D eigenvalue weighted by atomic mass is 10.0. The van der Waals surface area contributed by atoms with E-state index in [1.165, 1.54) is 25.7 Å². The number of nitrogens with zero attached hydrogens (tertiary/aromatic N) is 3. The van der Waals surface area contributed by atoms with Gasteiger partial charge in [-0.25, -0.2) is 4.98 Å². The summed E-state index contributed by atoms with van der Waals surface area (Å²) in [4.78, 5) is 11.9.